The molecule has 6 aromatic rings. The van der Waals surface area contributed by atoms with Crippen molar-refractivity contribution in [1.29, 1.82) is 0 Å². The van der Waals surface area contributed by atoms with Gasteiger partial charge in [-0.2, -0.15) is 8.78 Å². The van der Waals surface area contributed by atoms with Gasteiger partial charge in [0, 0.05) is 12.0 Å². The van der Waals surface area contributed by atoms with Crippen LogP contribution in [0.2, 0.25) is 0 Å². The van der Waals surface area contributed by atoms with Crippen LogP contribution in [0.1, 0.15) is 28.4 Å². The largest absolute Gasteiger partial charge is 0.399 e. The molecule has 0 aliphatic rings. The van der Waals surface area contributed by atoms with E-state index in [4.69, 9.17) is 0 Å². The van der Waals surface area contributed by atoms with Crippen LogP contribution in [0.3, 0.4) is 0 Å². The van der Waals surface area contributed by atoms with E-state index in [0.717, 1.165) is 23.3 Å². The zero-order valence-corrected chi connectivity index (χ0v) is 24.2. The molecule has 1 heterocycles. The Morgan fingerprint density at radius 2 is 1.34 bits per heavy atom. The van der Waals surface area contributed by atoms with E-state index >= 15 is 0 Å². The molecule has 2 unspecified atom stereocenters. The second-order valence-electron chi connectivity index (χ2n) is 10.6. The normalized spacial score (nSPS) is 14.3. The van der Waals surface area contributed by atoms with E-state index in [-0.39, 0.29) is 6.42 Å². The predicted molar refractivity (Wildman–Crippen MR) is 164 cm³/mol. The maximum absolute atomic E-state index is 14.5. The van der Waals surface area contributed by atoms with Crippen LogP contribution >= 0.6 is 7.60 Å². The summed E-state index contributed by atoms with van der Waals surface area (Å²) in [6.45, 7) is 0. The second-order valence-corrected chi connectivity index (χ2v) is 12.3. The summed E-state index contributed by atoms with van der Waals surface area (Å²) in [4.78, 5) is 18.5. The van der Waals surface area contributed by atoms with E-state index in [0.29, 0.717) is 27.7 Å². The Morgan fingerprint density at radius 1 is 0.727 bits per heavy atom. The molecule has 6 rings (SSSR count). The van der Waals surface area contributed by atoms with Crippen LogP contribution in [-0.4, -0.2) is 29.9 Å². The molecule has 0 fully saturated rings. The molecule has 1 aromatic heterocycles. The molecule has 2 atom stereocenters. The molecule has 5 aromatic carbocycles. The molecule has 0 saturated carbocycles. The monoisotopic (exact) mass is 611 g/mol. The molecule has 0 bridgehead atoms. The van der Waals surface area contributed by atoms with Crippen molar-refractivity contribution in [2.45, 2.75) is 23.7 Å². The molecule has 7 nitrogen and oxygen atoms in total. The molecule has 3 N–H and O–H groups in total. The quantitative estimate of drug-likeness (QED) is 0.151. The molecule has 0 saturated heterocycles. The van der Waals surface area contributed by atoms with Gasteiger partial charge in [0.1, 0.15) is 17.2 Å². The number of hydrogen-bond acceptors (Lipinski definition) is 4. The summed E-state index contributed by atoms with van der Waals surface area (Å²) in [5, 5.41) is 21.4. The van der Waals surface area contributed by atoms with Gasteiger partial charge in [-0.1, -0.05) is 120 Å². The Kier molecular flexibility index (Phi) is 7.73. The van der Waals surface area contributed by atoms with Crippen LogP contribution in [0.15, 0.2) is 133 Å². The third-order valence-electron chi connectivity index (χ3n) is 7.91. The van der Waals surface area contributed by atoms with Crippen LogP contribution in [0.5, 0.6) is 0 Å². The van der Waals surface area contributed by atoms with Gasteiger partial charge in [0.15, 0.2) is 0 Å². The number of nitrogens with zero attached hydrogens (tertiary/aromatic N) is 3. The SMILES string of the molecule is O=P(O)(O)C(F)(F)c1ccc(CC(c2ccccc2)(C(O)c2cccc(-c3ccccc3)c2)n2nnc3ccccc32)cc1. The van der Waals surface area contributed by atoms with Gasteiger partial charge in [-0.3, -0.25) is 4.57 Å². The lowest BCUT2D eigenvalue weighted by molar-refractivity contribution is 0.0518. The molecule has 0 radical (unpaired) electrons. The Labute approximate surface area is 252 Å². The first-order valence-corrected chi connectivity index (χ1v) is 15.5. The average Bonchev–Trinajstić information content (AvgIpc) is 3.48. The van der Waals surface area contributed by atoms with E-state index < -0.39 is 30.5 Å². The van der Waals surface area contributed by atoms with Crippen molar-refractivity contribution in [3.8, 4) is 11.1 Å². The molecular weight excluding hydrogens is 583 g/mol. The standard InChI is InChI=1S/C34H28F2N3O4P/c35-34(36,44(41,42)43)29-20-18-24(19-21-29)23-33(28-14-5-2-6-15-28,39-31-17-8-7-16-30(31)37-38-39)32(40)27-13-9-12-26(22-27)25-10-3-1-4-11-25/h1-22,32,40H,23H2,(H2,41,42,43). The fourth-order valence-corrected chi connectivity index (χ4v) is 6.14. The minimum atomic E-state index is -5.74. The van der Waals surface area contributed by atoms with E-state index in [1.807, 2.05) is 109 Å². The number of fused-ring (bicyclic) bond motifs is 1. The highest BCUT2D eigenvalue weighted by Gasteiger charge is 2.50. The number of alkyl halides is 2. The van der Waals surface area contributed by atoms with E-state index in [9.17, 15) is 28.2 Å². The third kappa shape index (κ3) is 5.25. The summed E-state index contributed by atoms with van der Waals surface area (Å²) in [6.07, 6.45) is -1.14. The van der Waals surface area contributed by atoms with Crippen molar-refractivity contribution in [1.82, 2.24) is 15.0 Å². The molecule has 44 heavy (non-hydrogen) atoms. The second kappa shape index (κ2) is 11.5. The summed E-state index contributed by atoms with van der Waals surface area (Å²) in [6, 6.07) is 38.8. The summed E-state index contributed by atoms with van der Waals surface area (Å²) < 4.78 is 42.2. The molecule has 10 heteroatoms. The maximum Gasteiger partial charge on any atom is 0.399 e. The topological polar surface area (TPSA) is 108 Å². The Hall–Kier alpha value is -4.53. The highest BCUT2D eigenvalue weighted by molar-refractivity contribution is 7.52. The van der Waals surface area contributed by atoms with Crippen LogP contribution in [0, 0.1) is 0 Å². The number of rotatable bonds is 9. The van der Waals surface area contributed by atoms with Gasteiger partial charge >= 0.3 is 13.3 Å². The molecule has 0 aliphatic carbocycles. The van der Waals surface area contributed by atoms with Gasteiger partial charge in [-0.15, -0.1) is 5.10 Å². The molecule has 0 amide bonds. The Balaban J connectivity index is 1.56. The lowest BCUT2D eigenvalue weighted by Crippen LogP contribution is -2.44. The number of para-hydroxylation sites is 1. The van der Waals surface area contributed by atoms with E-state index in [1.165, 1.54) is 12.1 Å². The molecule has 0 aliphatic heterocycles. The Bertz CT molecular complexity index is 1950. The van der Waals surface area contributed by atoms with Gasteiger partial charge < -0.3 is 14.9 Å². The van der Waals surface area contributed by atoms with Crippen molar-refractivity contribution in [2.24, 2.45) is 0 Å². The van der Waals surface area contributed by atoms with Crippen LogP contribution < -0.4 is 0 Å². The number of aromatic nitrogens is 3. The fraction of sp³-hybridized carbons (Fsp3) is 0.118. The van der Waals surface area contributed by atoms with Gasteiger partial charge in [0.25, 0.3) is 0 Å². The third-order valence-corrected chi connectivity index (χ3v) is 8.90. The van der Waals surface area contributed by atoms with Gasteiger partial charge in [-0.05, 0) is 46.0 Å². The number of halogens is 2. The van der Waals surface area contributed by atoms with Gasteiger partial charge in [0.05, 0.1) is 5.52 Å². The van der Waals surface area contributed by atoms with Crippen molar-refractivity contribution in [3.63, 3.8) is 0 Å². The van der Waals surface area contributed by atoms with Crippen LogP contribution in [-0.2, 0) is 22.2 Å². The lowest BCUT2D eigenvalue weighted by atomic mass is 9.76. The summed E-state index contributed by atoms with van der Waals surface area (Å²) in [5.74, 6) is 0. The summed E-state index contributed by atoms with van der Waals surface area (Å²) in [7, 11) is -5.74. The average molecular weight is 612 g/mol. The number of benzene rings is 5. The zero-order chi connectivity index (χ0) is 31.0. The molecular formula is C34H28F2N3O4P. The molecule has 222 valence electrons. The first-order chi connectivity index (χ1) is 21.1. The van der Waals surface area contributed by atoms with Crippen molar-refractivity contribution in [2.75, 3.05) is 0 Å². The minimum Gasteiger partial charge on any atom is -0.385 e. The van der Waals surface area contributed by atoms with Crippen LogP contribution in [0.4, 0.5) is 8.78 Å². The van der Waals surface area contributed by atoms with Gasteiger partial charge in [-0.25, -0.2) is 4.68 Å². The highest BCUT2D eigenvalue weighted by atomic mass is 31.2. The summed E-state index contributed by atoms with van der Waals surface area (Å²) >= 11 is 0. The maximum atomic E-state index is 14.5. The van der Waals surface area contributed by atoms with Gasteiger partial charge in [0.2, 0.25) is 0 Å². The number of aliphatic hydroxyl groups excluding tert-OH is 1. The van der Waals surface area contributed by atoms with Crippen molar-refractivity contribution < 1.29 is 28.2 Å². The van der Waals surface area contributed by atoms with Crippen LogP contribution in [0.25, 0.3) is 22.2 Å². The predicted octanol–water partition coefficient (Wildman–Crippen LogP) is 7.05. The summed E-state index contributed by atoms with van der Waals surface area (Å²) in [5.41, 5.74) is -1.54. The lowest BCUT2D eigenvalue weighted by Gasteiger charge is -2.39. The first kappa shape index (κ1) is 29.5. The first-order valence-electron chi connectivity index (χ1n) is 13.8. The minimum absolute atomic E-state index is 0.0723. The van der Waals surface area contributed by atoms with E-state index in [1.54, 1.807) is 4.68 Å². The fourth-order valence-electron chi connectivity index (χ4n) is 5.66. The van der Waals surface area contributed by atoms with E-state index in [2.05, 4.69) is 10.3 Å². The van der Waals surface area contributed by atoms with Crippen molar-refractivity contribution >= 4 is 18.6 Å². The Morgan fingerprint density at radius 3 is 2.02 bits per heavy atom. The molecule has 0 spiro atoms. The number of hydrogen-bond donors (Lipinski definition) is 3. The zero-order valence-electron chi connectivity index (χ0n) is 23.3. The smallest absolute Gasteiger partial charge is 0.385 e. The highest BCUT2D eigenvalue weighted by Crippen LogP contribution is 2.59. The van der Waals surface area contributed by atoms with Crippen molar-refractivity contribution in [3.05, 3.63) is 156 Å². The number of aliphatic hydroxyl groups is 1.